The Kier molecular flexibility index (Phi) is 4.84. The number of hydrogen-bond donors (Lipinski definition) is 1. The normalized spacial score (nSPS) is 19.4. The van der Waals surface area contributed by atoms with Crippen LogP contribution in [0.4, 0.5) is 0 Å². The summed E-state index contributed by atoms with van der Waals surface area (Å²) in [5, 5.41) is 6.24. The van der Waals surface area contributed by atoms with E-state index in [1.54, 1.807) is 13.1 Å². The molecule has 6 nitrogen and oxygen atoms in total. The summed E-state index contributed by atoms with van der Waals surface area (Å²) < 4.78 is 1.53. The van der Waals surface area contributed by atoms with Crippen LogP contribution < -0.4 is 10.9 Å². The number of hydrogen-bond acceptors (Lipinski definition) is 6. The maximum atomic E-state index is 12.3. The van der Waals surface area contributed by atoms with Crippen LogP contribution in [0.3, 0.4) is 0 Å². The van der Waals surface area contributed by atoms with Gasteiger partial charge in [0.1, 0.15) is 4.83 Å². The van der Waals surface area contributed by atoms with Crippen LogP contribution in [0.25, 0.3) is 10.2 Å². The standard InChI is InChI=1S/C17H22N4O2S2/c1-20-16(23)13-6-9-24-15(13)19-17(20)25-10-14(22)18-11-4-7-21(8-5-11)12-2-3-12/h6,9,11-12H,2-5,7-8,10H2,1H3,(H,18,22). The van der Waals surface area contributed by atoms with Gasteiger partial charge >= 0.3 is 0 Å². The number of fused-ring (bicyclic) bond motifs is 1. The van der Waals surface area contributed by atoms with E-state index >= 15 is 0 Å². The maximum Gasteiger partial charge on any atom is 0.262 e. The number of carbonyl (C=O) groups is 1. The lowest BCUT2D eigenvalue weighted by molar-refractivity contribution is -0.119. The van der Waals surface area contributed by atoms with Gasteiger partial charge in [-0.15, -0.1) is 11.3 Å². The first kappa shape index (κ1) is 17.1. The average molecular weight is 379 g/mol. The molecule has 1 aliphatic carbocycles. The van der Waals surface area contributed by atoms with Gasteiger partial charge in [-0.25, -0.2) is 4.98 Å². The van der Waals surface area contributed by atoms with Crippen molar-refractivity contribution in [2.75, 3.05) is 18.8 Å². The lowest BCUT2D eigenvalue weighted by Gasteiger charge is -2.32. The fourth-order valence-electron chi connectivity index (χ4n) is 3.36. The second-order valence-corrected chi connectivity index (χ2v) is 8.63. The molecule has 1 saturated heterocycles. The maximum absolute atomic E-state index is 12.3. The van der Waals surface area contributed by atoms with Gasteiger partial charge in [0.2, 0.25) is 5.91 Å². The van der Waals surface area contributed by atoms with Crippen LogP contribution in [-0.2, 0) is 11.8 Å². The number of thioether (sulfide) groups is 1. The van der Waals surface area contributed by atoms with Gasteiger partial charge in [-0.2, -0.15) is 0 Å². The third kappa shape index (κ3) is 3.75. The van der Waals surface area contributed by atoms with Crippen molar-refractivity contribution in [3.63, 3.8) is 0 Å². The monoisotopic (exact) mass is 378 g/mol. The van der Waals surface area contributed by atoms with E-state index in [2.05, 4.69) is 15.2 Å². The lowest BCUT2D eigenvalue weighted by atomic mass is 10.1. The van der Waals surface area contributed by atoms with Crippen molar-refractivity contribution in [3.8, 4) is 0 Å². The van der Waals surface area contributed by atoms with Crippen LogP contribution in [0.2, 0.25) is 0 Å². The topological polar surface area (TPSA) is 67.2 Å². The van der Waals surface area contributed by atoms with Crippen molar-refractivity contribution >= 4 is 39.2 Å². The zero-order valence-electron chi connectivity index (χ0n) is 14.2. The van der Waals surface area contributed by atoms with Crippen LogP contribution in [0, 0.1) is 0 Å². The van der Waals surface area contributed by atoms with Crippen LogP contribution >= 0.6 is 23.1 Å². The number of aromatic nitrogens is 2. The molecule has 2 aromatic heterocycles. The van der Waals surface area contributed by atoms with Crippen LogP contribution in [0.15, 0.2) is 21.4 Å². The van der Waals surface area contributed by atoms with Gasteiger partial charge in [0.15, 0.2) is 5.16 Å². The van der Waals surface area contributed by atoms with Crippen LogP contribution in [0.1, 0.15) is 25.7 Å². The predicted octanol–water partition coefficient (Wildman–Crippen LogP) is 1.83. The number of thiophene rings is 1. The number of piperidine rings is 1. The Morgan fingerprint density at radius 2 is 2.12 bits per heavy atom. The number of likely N-dealkylation sites (tertiary alicyclic amines) is 1. The van der Waals surface area contributed by atoms with Crippen molar-refractivity contribution < 1.29 is 4.79 Å². The molecular weight excluding hydrogens is 356 g/mol. The van der Waals surface area contributed by atoms with Gasteiger partial charge < -0.3 is 10.2 Å². The van der Waals surface area contributed by atoms with Crippen LogP contribution in [-0.4, -0.2) is 51.3 Å². The minimum absolute atomic E-state index is 0.0235. The zero-order chi connectivity index (χ0) is 17.4. The quantitative estimate of drug-likeness (QED) is 0.635. The number of nitrogens with one attached hydrogen (secondary N) is 1. The molecule has 1 aliphatic heterocycles. The summed E-state index contributed by atoms with van der Waals surface area (Å²) in [5.74, 6) is 0.315. The third-order valence-electron chi connectivity index (χ3n) is 4.95. The van der Waals surface area contributed by atoms with E-state index in [1.165, 1.54) is 40.5 Å². The average Bonchev–Trinajstić information content (AvgIpc) is 3.35. The number of rotatable bonds is 5. The summed E-state index contributed by atoms with van der Waals surface area (Å²) in [7, 11) is 1.71. The Morgan fingerprint density at radius 3 is 2.84 bits per heavy atom. The van der Waals surface area contributed by atoms with Gasteiger partial charge in [-0.05, 0) is 37.1 Å². The molecule has 3 heterocycles. The van der Waals surface area contributed by atoms with Gasteiger partial charge in [0.05, 0.1) is 11.1 Å². The molecule has 1 amide bonds. The lowest BCUT2D eigenvalue weighted by Crippen LogP contribution is -2.45. The molecule has 0 radical (unpaired) electrons. The molecule has 0 spiro atoms. The highest BCUT2D eigenvalue weighted by Gasteiger charge is 2.32. The molecule has 2 fully saturated rings. The first-order valence-corrected chi connectivity index (χ1v) is 10.6. The van der Waals surface area contributed by atoms with Crippen molar-refractivity contribution in [3.05, 3.63) is 21.8 Å². The Hall–Kier alpha value is -1.38. The van der Waals surface area contributed by atoms with E-state index in [4.69, 9.17) is 0 Å². The number of nitrogens with zero attached hydrogens (tertiary/aromatic N) is 3. The molecule has 25 heavy (non-hydrogen) atoms. The van der Waals surface area contributed by atoms with Crippen molar-refractivity contribution in [1.82, 2.24) is 19.8 Å². The highest BCUT2D eigenvalue weighted by Crippen LogP contribution is 2.29. The zero-order valence-corrected chi connectivity index (χ0v) is 15.9. The molecule has 0 unspecified atom stereocenters. The minimum Gasteiger partial charge on any atom is -0.353 e. The van der Waals surface area contributed by atoms with Gasteiger partial charge in [0, 0.05) is 32.2 Å². The Morgan fingerprint density at radius 1 is 1.36 bits per heavy atom. The molecule has 1 N–H and O–H groups in total. The summed E-state index contributed by atoms with van der Waals surface area (Å²) in [5.41, 5.74) is -0.0541. The number of carbonyl (C=O) groups excluding carboxylic acids is 1. The molecule has 0 aromatic carbocycles. The first-order chi connectivity index (χ1) is 12.1. The molecule has 2 aliphatic rings. The van der Waals surface area contributed by atoms with E-state index < -0.39 is 0 Å². The smallest absolute Gasteiger partial charge is 0.262 e. The third-order valence-corrected chi connectivity index (χ3v) is 6.79. The number of amides is 1. The minimum atomic E-state index is -0.0541. The summed E-state index contributed by atoms with van der Waals surface area (Å²) >= 11 is 2.78. The second kappa shape index (κ2) is 7.09. The van der Waals surface area contributed by atoms with E-state index in [0.29, 0.717) is 16.3 Å². The van der Waals surface area contributed by atoms with Crippen LogP contribution in [0.5, 0.6) is 0 Å². The van der Waals surface area contributed by atoms with Crippen molar-refractivity contribution in [1.29, 1.82) is 0 Å². The Labute approximate surface area is 154 Å². The molecular formula is C17H22N4O2S2. The highest BCUT2D eigenvalue weighted by atomic mass is 32.2. The molecule has 8 heteroatoms. The van der Waals surface area contributed by atoms with Gasteiger partial charge in [-0.3, -0.25) is 14.2 Å². The van der Waals surface area contributed by atoms with E-state index in [1.807, 2.05) is 5.38 Å². The molecule has 134 valence electrons. The Balaban J connectivity index is 1.31. The largest absolute Gasteiger partial charge is 0.353 e. The van der Waals surface area contributed by atoms with E-state index in [9.17, 15) is 9.59 Å². The van der Waals surface area contributed by atoms with E-state index in [-0.39, 0.29) is 17.5 Å². The molecule has 0 bridgehead atoms. The van der Waals surface area contributed by atoms with Gasteiger partial charge in [-0.1, -0.05) is 11.8 Å². The second-order valence-electron chi connectivity index (χ2n) is 6.80. The SMILES string of the molecule is Cn1c(SCC(=O)NC2CCN(C3CC3)CC2)nc2sccc2c1=O. The fraction of sp³-hybridized carbons (Fsp3) is 0.588. The van der Waals surface area contributed by atoms with Crippen molar-refractivity contribution in [2.45, 2.75) is 42.9 Å². The molecule has 0 atom stereocenters. The fourth-order valence-corrected chi connectivity index (χ4v) is 4.95. The summed E-state index contributed by atoms with van der Waals surface area (Å²) in [6, 6.07) is 2.89. The van der Waals surface area contributed by atoms with E-state index in [0.717, 1.165) is 36.8 Å². The summed E-state index contributed by atoms with van der Waals surface area (Å²) in [4.78, 5) is 32.3. The summed E-state index contributed by atoms with van der Waals surface area (Å²) in [6.07, 6.45) is 4.75. The molecule has 2 aromatic rings. The highest BCUT2D eigenvalue weighted by molar-refractivity contribution is 7.99. The summed E-state index contributed by atoms with van der Waals surface area (Å²) in [6.45, 7) is 2.18. The Bertz CT molecular complexity index is 835. The first-order valence-electron chi connectivity index (χ1n) is 8.72. The molecule has 1 saturated carbocycles. The molecule has 4 rings (SSSR count). The van der Waals surface area contributed by atoms with Crippen molar-refractivity contribution in [2.24, 2.45) is 7.05 Å². The van der Waals surface area contributed by atoms with Gasteiger partial charge in [0.25, 0.3) is 5.56 Å². The predicted molar refractivity (Wildman–Crippen MR) is 101 cm³/mol.